The molecule has 0 heterocycles. The number of methoxy groups -OCH3 is 1. The number of nitrogens with zero attached hydrogens (tertiary/aromatic N) is 2. The van der Waals surface area contributed by atoms with Crippen molar-refractivity contribution in [2.24, 2.45) is 10.9 Å². The molecule has 0 aliphatic heterocycles. The first-order chi connectivity index (χ1) is 11.0. The monoisotopic (exact) mass is 337 g/mol. The Balaban J connectivity index is 2.72. The number of carbonyl (C=O) groups is 1. The van der Waals surface area contributed by atoms with Gasteiger partial charge < -0.3 is 15.0 Å². The highest BCUT2D eigenvalue weighted by Gasteiger charge is 2.14. The number of ether oxygens (including phenoxy) is 1. The first kappa shape index (κ1) is 19.4. The van der Waals surface area contributed by atoms with E-state index in [0.717, 1.165) is 19.0 Å². The molecule has 1 N–H and O–H groups in total. The molecule has 128 valence electrons. The van der Waals surface area contributed by atoms with Crippen LogP contribution >= 0.6 is 11.8 Å². The molecule has 0 spiro atoms. The maximum atomic E-state index is 11.5. The van der Waals surface area contributed by atoms with Crippen LogP contribution in [0.15, 0.2) is 34.2 Å². The number of aliphatic imine (C=N–C) groups is 1. The molecular formula is C17H27N3O2S. The van der Waals surface area contributed by atoms with Crippen LogP contribution in [-0.2, 0) is 16.1 Å². The number of thioether (sulfide) groups is 1. The van der Waals surface area contributed by atoms with E-state index in [9.17, 15) is 4.79 Å². The average molecular weight is 337 g/mol. The summed E-state index contributed by atoms with van der Waals surface area (Å²) in [7, 11) is 3.39. The fraction of sp³-hybridized carbons (Fsp3) is 0.529. The van der Waals surface area contributed by atoms with E-state index in [1.807, 2.05) is 20.9 Å². The molecule has 5 nitrogen and oxygen atoms in total. The molecule has 0 radical (unpaired) electrons. The van der Waals surface area contributed by atoms with Gasteiger partial charge in [0, 0.05) is 25.0 Å². The highest BCUT2D eigenvalue weighted by Crippen LogP contribution is 2.15. The number of nitrogens with one attached hydrogen (secondary N) is 1. The van der Waals surface area contributed by atoms with Crippen LogP contribution in [0.4, 0.5) is 0 Å². The van der Waals surface area contributed by atoms with Crippen molar-refractivity contribution in [2.45, 2.75) is 25.3 Å². The van der Waals surface area contributed by atoms with Crippen molar-refractivity contribution in [3.05, 3.63) is 29.8 Å². The summed E-state index contributed by atoms with van der Waals surface area (Å²) in [6.45, 7) is 5.79. The van der Waals surface area contributed by atoms with Gasteiger partial charge >= 0.3 is 5.97 Å². The molecule has 6 heteroatoms. The summed E-state index contributed by atoms with van der Waals surface area (Å²) < 4.78 is 4.74. The number of guanidine groups is 1. The van der Waals surface area contributed by atoms with E-state index in [0.29, 0.717) is 6.54 Å². The van der Waals surface area contributed by atoms with Crippen LogP contribution in [0, 0.1) is 5.92 Å². The van der Waals surface area contributed by atoms with Gasteiger partial charge in [-0.2, -0.15) is 0 Å². The van der Waals surface area contributed by atoms with E-state index in [4.69, 9.17) is 4.74 Å². The van der Waals surface area contributed by atoms with Gasteiger partial charge in [-0.25, -0.2) is 0 Å². The van der Waals surface area contributed by atoms with Crippen LogP contribution in [0.2, 0.25) is 0 Å². The summed E-state index contributed by atoms with van der Waals surface area (Å²) in [6.07, 6.45) is 2.07. The van der Waals surface area contributed by atoms with E-state index in [1.165, 1.54) is 17.6 Å². The van der Waals surface area contributed by atoms with Crippen molar-refractivity contribution in [2.75, 3.05) is 33.5 Å². The summed E-state index contributed by atoms with van der Waals surface area (Å²) in [5.74, 6) is 0.306. The standard InChI is InChI=1S/C17H27N3O2S/c1-6-18-17(19-11-13(2)16(21)22-4)20(3)12-14-7-9-15(23-5)10-8-14/h7-10,13H,6,11-12H2,1-5H3,(H,18,19). The fourth-order valence-electron chi connectivity index (χ4n) is 2.05. The van der Waals surface area contributed by atoms with E-state index in [2.05, 4.69) is 45.7 Å². The predicted octanol–water partition coefficient (Wildman–Crippen LogP) is 2.61. The molecule has 0 saturated heterocycles. The normalized spacial score (nSPS) is 12.7. The molecule has 0 amide bonds. The van der Waals surface area contributed by atoms with Crippen LogP contribution in [0.1, 0.15) is 19.4 Å². The molecule has 1 atom stereocenters. The van der Waals surface area contributed by atoms with Crippen molar-refractivity contribution in [3.63, 3.8) is 0 Å². The number of rotatable bonds is 7. The average Bonchev–Trinajstić information content (AvgIpc) is 2.58. The van der Waals surface area contributed by atoms with Crippen LogP contribution in [0.25, 0.3) is 0 Å². The molecule has 1 aromatic carbocycles. The Bertz CT molecular complexity index is 517. The maximum Gasteiger partial charge on any atom is 0.310 e. The van der Waals surface area contributed by atoms with Crippen molar-refractivity contribution < 1.29 is 9.53 Å². The number of hydrogen-bond donors (Lipinski definition) is 1. The summed E-state index contributed by atoms with van der Waals surface area (Å²) in [6, 6.07) is 8.50. The maximum absolute atomic E-state index is 11.5. The van der Waals surface area contributed by atoms with Crippen molar-refractivity contribution in [1.29, 1.82) is 0 Å². The van der Waals surface area contributed by atoms with Crippen LogP contribution in [-0.4, -0.2) is 50.3 Å². The zero-order valence-electron chi connectivity index (χ0n) is 14.6. The molecule has 0 fully saturated rings. The molecule has 23 heavy (non-hydrogen) atoms. The SMILES string of the molecule is CCNC(=NCC(C)C(=O)OC)N(C)Cc1ccc(SC)cc1. The zero-order chi connectivity index (χ0) is 17.2. The lowest BCUT2D eigenvalue weighted by Gasteiger charge is -2.22. The quantitative estimate of drug-likeness (QED) is 0.359. The van der Waals surface area contributed by atoms with Gasteiger partial charge in [0.25, 0.3) is 0 Å². The van der Waals surface area contributed by atoms with Crippen molar-refractivity contribution in [3.8, 4) is 0 Å². The Hall–Kier alpha value is -1.69. The van der Waals surface area contributed by atoms with E-state index in [1.54, 1.807) is 11.8 Å². The molecule has 0 bridgehead atoms. The molecule has 0 aliphatic carbocycles. The summed E-state index contributed by atoms with van der Waals surface area (Å²) >= 11 is 1.73. The predicted molar refractivity (Wildman–Crippen MR) is 96.8 cm³/mol. The number of carbonyl (C=O) groups excluding carboxylic acids is 1. The topological polar surface area (TPSA) is 53.9 Å². The number of benzene rings is 1. The largest absolute Gasteiger partial charge is 0.469 e. The minimum absolute atomic E-state index is 0.236. The second-order valence-corrected chi connectivity index (χ2v) is 6.20. The second kappa shape index (κ2) is 10.2. The lowest BCUT2D eigenvalue weighted by molar-refractivity contribution is -0.144. The molecule has 0 aromatic heterocycles. The minimum Gasteiger partial charge on any atom is -0.469 e. The molecule has 0 saturated carbocycles. The smallest absolute Gasteiger partial charge is 0.310 e. The van der Waals surface area contributed by atoms with Gasteiger partial charge in [0.15, 0.2) is 5.96 Å². The van der Waals surface area contributed by atoms with Gasteiger partial charge in [0.05, 0.1) is 19.6 Å². The van der Waals surface area contributed by atoms with Crippen molar-refractivity contribution >= 4 is 23.7 Å². The lowest BCUT2D eigenvalue weighted by atomic mass is 10.2. The third-order valence-electron chi connectivity index (χ3n) is 3.39. The first-order valence-electron chi connectivity index (χ1n) is 7.72. The van der Waals surface area contributed by atoms with E-state index < -0.39 is 0 Å². The lowest BCUT2D eigenvalue weighted by Crippen LogP contribution is -2.39. The number of hydrogen-bond acceptors (Lipinski definition) is 4. The van der Waals surface area contributed by atoms with Crippen molar-refractivity contribution in [1.82, 2.24) is 10.2 Å². The highest BCUT2D eigenvalue weighted by atomic mass is 32.2. The molecule has 1 rings (SSSR count). The van der Waals surface area contributed by atoms with Crippen LogP contribution in [0.5, 0.6) is 0 Å². The molecule has 0 aliphatic rings. The van der Waals surface area contributed by atoms with Gasteiger partial charge in [-0.1, -0.05) is 19.1 Å². The Morgan fingerprint density at radius 1 is 1.39 bits per heavy atom. The fourth-order valence-corrected chi connectivity index (χ4v) is 2.46. The van der Waals surface area contributed by atoms with Gasteiger partial charge in [-0.3, -0.25) is 9.79 Å². The molecule has 1 unspecified atom stereocenters. The van der Waals surface area contributed by atoms with Crippen LogP contribution < -0.4 is 5.32 Å². The summed E-state index contributed by atoms with van der Waals surface area (Å²) in [5.41, 5.74) is 1.22. The van der Waals surface area contributed by atoms with E-state index in [-0.39, 0.29) is 11.9 Å². The Kier molecular flexibility index (Phi) is 8.55. The second-order valence-electron chi connectivity index (χ2n) is 5.32. The summed E-state index contributed by atoms with van der Waals surface area (Å²) in [4.78, 5) is 19.3. The zero-order valence-corrected chi connectivity index (χ0v) is 15.4. The van der Waals surface area contributed by atoms with Gasteiger partial charge in [0.1, 0.15) is 0 Å². The Morgan fingerprint density at radius 3 is 2.57 bits per heavy atom. The van der Waals surface area contributed by atoms with E-state index >= 15 is 0 Å². The summed E-state index contributed by atoms with van der Waals surface area (Å²) in [5, 5.41) is 3.26. The third-order valence-corrected chi connectivity index (χ3v) is 4.14. The minimum atomic E-state index is -0.247. The van der Waals surface area contributed by atoms with Crippen LogP contribution in [0.3, 0.4) is 0 Å². The molecular weight excluding hydrogens is 310 g/mol. The highest BCUT2D eigenvalue weighted by molar-refractivity contribution is 7.98. The Morgan fingerprint density at radius 2 is 2.04 bits per heavy atom. The Labute approximate surface area is 143 Å². The third kappa shape index (κ3) is 6.52. The van der Waals surface area contributed by atoms with Gasteiger partial charge in [-0.05, 0) is 30.9 Å². The molecule has 1 aromatic rings. The first-order valence-corrected chi connectivity index (χ1v) is 8.94. The number of esters is 1. The van der Waals surface area contributed by atoms with Gasteiger partial charge in [0.2, 0.25) is 0 Å². The van der Waals surface area contributed by atoms with Gasteiger partial charge in [-0.15, -0.1) is 11.8 Å².